The molecule has 2 aromatic heterocycles. The van der Waals surface area contributed by atoms with Crippen molar-refractivity contribution in [1.29, 1.82) is 0 Å². The maximum absolute atomic E-state index is 4.99. The number of hydrogen-bond acceptors (Lipinski definition) is 4. The van der Waals surface area contributed by atoms with Crippen molar-refractivity contribution in [2.75, 3.05) is 0 Å². The number of hydrogen-bond donors (Lipinski definition) is 0. The quantitative estimate of drug-likeness (QED) is 0.212. The van der Waals surface area contributed by atoms with Gasteiger partial charge in [-0.3, -0.25) is 4.98 Å². The summed E-state index contributed by atoms with van der Waals surface area (Å²) in [6.07, 6.45) is 1.82. The minimum atomic E-state index is 0.631. The van der Waals surface area contributed by atoms with Crippen molar-refractivity contribution < 1.29 is 0 Å². The molecule has 0 radical (unpaired) electrons. The largest absolute Gasteiger partial charge is 0.256 e. The number of pyridine rings is 1. The molecule has 0 amide bonds. The summed E-state index contributed by atoms with van der Waals surface area (Å²) in [4.78, 5) is 19.4. The van der Waals surface area contributed by atoms with Crippen LogP contribution in [0.25, 0.3) is 67.7 Å². The summed E-state index contributed by atoms with van der Waals surface area (Å²) in [7, 11) is 0. The third kappa shape index (κ3) is 5.34. The van der Waals surface area contributed by atoms with E-state index in [1.165, 1.54) is 0 Å². The smallest absolute Gasteiger partial charge is 0.164 e. The van der Waals surface area contributed by atoms with Gasteiger partial charge in [0.15, 0.2) is 17.5 Å². The van der Waals surface area contributed by atoms with Gasteiger partial charge in [0.1, 0.15) is 0 Å². The lowest BCUT2D eigenvalue weighted by Crippen LogP contribution is -2.00. The van der Waals surface area contributed by atoms with Crippen molar-refractivity contribution in [1.82, 2.24) is 19.9 Å². The van der Waals surface area contributed by atoms with Crippen LogP contribution in [0.1, 0.15) is 0 Å². The molecule has 0 aliphatic rings. The summed E-state index contributed by atoms with van der Waals surface area (Å²) in [5.74, 6) is 1.92. The number of aromatic nitrogens is 4. The second-order valence-electron chi connectivity index (χ2n) is 10.00. The van der Waals surface area contributed by atoms with Gasteiger partial charge in [0.2, 0.25) is 0 Å². The summed E-state index contributed by atoms with van der Waals surface area (Å²) in [5.41, 5.74) is 9.27. The van der Waals surface area contributed by atoms with Crippen LogP contribution in [0.4, 0.5) is 0 Å². The van der Waals surface area contributed by atoms with E-state index in [4.69, 9.17) is 15.0 Å². The zero-order valence-corrected chi connectivity index (χ0v) is 22.8. The van der Waals surface area contributed by atoms with Crippen molar-refractivity contribution in [2.45, 2.75) is 0 Å². The number of benzene rings is 5. The Morgan fingerprint density at radius 2 is 0.690 bits per heavy atom. The van der Waals surface area contributed by atoms with Crippen LogP contribution in [-0.4, -0.2) is 19.9 Å². The van der Waals surface area contributed by atoms with Crippen LogP contribution < -0.4 is 0 Å². The predicted molar refractivity (Wildman–Crippen MR) is 170 cm³/mol. The van der Waals surface area contributed by atoms with E-state index in [1.807, 2.05) is 91.1 Å². The fourth-order valence-electron chi connectivity index (χ4n) is 5.03. The standard InChI is InChI=1S/C38H26N4/c1-4-12-27(13-5-1)32-24-33(28-19-21-29(22-20-28)35-18-10-11-23-39-35)26-34(25-32)38-41-36(30-14-6-2-7-15-30)40-37(42-38)31-16-8-3-9-17-31/h1-26H. The second kappa shape index (κ2) is 11.4. The van der Waals surface area contributed by atoms with Gasteiger partial charge in [-0.15, -0.1) is 0 Å². The normalized spacial score (nSPS) is 10.9. The molecule has 0 fully saturated rings. The molecule has 2 heterocycles. The first-order valence-electron chi connectivity index (χ1n) is 13.9. The second-order valence-corrected chi connectivity index (χ2v) is 10.00. The lowest BCUT2D eigenvalue weighted by atomic mass is 9.95. The molecule has 4 nitrogen and oxygen atoms in total. The van der Waals surface area contributed by atoms with Gasteiger partial charge in [-0.25, -0.2) is 15.0 Å². The number of rotatable bonds is 6. The highest BCUT2D eigenvalue weighted by atomic mass is 15.0. The molecule has 198 valence electrons. The molecule has 0 N–H and O–H groups in total. The average molecular weight is 539 g/mol. The third-order valence-corrected chi connectivity index (χ3v) is 7.18. The highest BCUT2D eigenvalue weighted by Crippen LogP contribution is 2.34. The Labute approximate surface area is 245 Å². The maximum atomic E-state index is 4.99. The van der Waals surface area contributed by atoms with Crippen LogP contribution in [0.15, 0.2) is 158 Å². The van der Waals surface area contributed by atoms with Gasteiger partial charge in [0.25, 0.3) is 0 Å². The molecule has 0 spiro atoms. The Morgan fingerprint density at radius 1 is 0.286 bits per heavy atom. The molecule has 7 rings (SSSR count). The topological polar surface area (TPSA) is 51.6 Å². The van der Waals surface area contributed by atoms with E-state index >= 15 is 0 Å². The molecule has 5 aromatic carbocycles. The molecule has 7 aromatic rings. The Bertz CT molecular complexity index is 1880. The molecule has 0 aliphatic heterocycles. The van der Waals surface area contributed by atoms with Gasteiger partial charge in [-0.2, -0.15) is 0 Å². The van der Waals surface area contributed by atoms with E-state index in [9.17, 15) is 0 Å². The molecule has 0 saturated heterocycles. The Balaban J connectivity index is 1.39. The SMILES string of the molecule is c1ccc(-c2cc(-c3ccc(-c4ccccn4)cc3)cc(-c3nc(-c4ccccc4)nc(-c4ccccc4)n3)c2)cc1. The predicted octanol–water partition coefficient (Wildman–Crippen LogP) is 9.27. The van der Waals surface area contributed by atoms with Gasteiger partial charge in [-0.05, 0) is 52.6 Å². The van der Waals surface area contributed by atoms with Crippen molar-refractivity contribution in [3.63, 3.8) is 0 Å². The Kier molecular flexibility index (Phi) is 6.85. The monoisotopic (exact) mass is 538 g/mol. The number of nitrogens with zero attached hydrogens (tertiary/aromatic N) is 4. The van der Waals surface area contributed by atoms with Crippen LogP contribution >= 0.6 is 0 Å². The van der Waals surface area contributed by atoms with Gasteiger partial charge in [0, 0.05) is 28.5 Å². The first-order chi connectivity index (χ1) is 20.8. The van der Waals surface area contributed by atoms with Crippen molar-refractivity contribution in [3.05, 3.63) is 158 Å². The zero-order valence-electron chi connectivity index (χ0n) is 22.8. The first kappa shape index (κ1) is 25.2. The minimum Gasteiger partial charge on any atom is -0.256 e. The molecule has 0 bridgehead atoms. The fraction of sp³-hybridized carbons (Fsp3) is 0. The average Bonchev–Trinajstić information content (AvgIpc) is 3.09. The van der Waals surface area contributed by atoms with Gasteiger partial charge in [0.05, 0.1) is 5.69 Å². The lowest BCUT2D eigenvalue weighted by molar-refractivity contribution is 1.07. The van der Waals surface area contributed by atoms with E-state index in [2.05, 4.69) is 71.7 Å². The highest BCUT2D eigenvalue weighted by Gasteiger charge is 2.15. The Hall–Kier alpha value is -5.74. The van der Waals surface area contributed by atoms with E-state index in [1.54, 1.807) is 0 Å². The fourth-order valence-corrected chi connectivity index (χ4v) is 5.03. The molecule has 42 heavy (non-hydrogen) atoms. The van der Waals surface area contributed by atoms with E-state index < -0.39 is 0 Å². The summed E-state index contributed by atoms with van der Waals surface area (Å²) >= 11 is 0. The third-order valence-electron chi connectivity index (χ3n) is 7.18. The summed E-state index contributed by atoms with van der Waals surface area (Å²) < 4.78 is 0. The molecule has 4 heteroatoms. The van der Waals surface area contributed by atoms with Crippen LogP contribution in [0.3, 0.4) is 0 Å². The molecule has 0 aliphatic carbocycles. The van der Waals surface area contributed by atoms with E-state index in [-0.39, 0.29) is 0 Å². The van der Waals surface area contributed by atoms with Crippen molar-refractivity contribution >= 4 is 0 Å². The van der Waals surface area contributed by atoms with Crippen LogP contribution in [-0.2, 0) is 0 Å². The lowest BCUT2D eigenvalue weighted by Gasteiger charge is -2.13. The van der Waals surface area contributed by atoms with Crippen LogP contribution in [0.2, 0.25) is 0 Å². The molecule has 0 saturated carbocycles. The molecular weight excluding hydrogens is 512 g/mol. The van der Waals surface area contributed by atoms with E-state index in [0.29, 0.717) is 17.5 Å². The summed E-state index contributed by atoms with van der Waals surface area (Å²) in [5, 5.41) is 0. The first-order valence-corrected chi connectivity index (χ1v) is 13.9. The van der Waals surface area contributed by atoms with Crippen LogP contribution in [0.5, 0.6) is 0 Å². The summed E-state index contributed by atoms with van der Waals surface area (Å²) in [6, 6.07) is 51.6. The molecule has 0 atom stereocenters. The van der Waals surface area contributed by atoms with Gasteiger partial charge < -0.3 is 0 Å². The Morgan fingerprint density at radius 3 is 1.19 bits per heavy atom. The summed E-state index contributed by atoms with van der Waals surface area (Å²) in [6.45, 7) is 0. The highest BCUT2D eigenvalue weighted by molar-refractivity contribution is 5.81. The van der Waals surface area contributed by atoms with E-state index in [0.717, 1.165) is 50.2 Å². The minimum absolute atomic E-state index is 0.631. The van der Waals surface area contributed by atoms with Crippen LogP contribution in [0, 0.1) is 0 Å². The van der Waals surface area contributed by atoms with Crippen molar-refractivity contribution in [2.24, 2.45) is 0 Å². The van der Waals surface area contributed by atoms with Gasteiger partial charge >= 0.3 is 0 Å². The van der Waals surface area contributed by atoms with Crippen molar-refractivity contribution in [3.8, 4) is 67.7 Å². The zero-order chi connectivity index (χ0) is 28.1. The van der Waals surface area contributed by atoms with Gasteiger partial charge in [-0.1, -0.05) is 121 Å². The maximum Gasteiger partial charge on any atom is 0.164 e. The molecular formula is C38H26N4. The molecule has 0 unspecified atom stereocenters.